The van der Waals surface area contributed by atoms with Crippen molar-refractivity contribution < 1.29 is 24.3 Å². The van der Waals surface area contributed by atoms with Crippen molar-refractivity contribution in [2.45, 2.75) is 31.7 Å². The first kappa shape index (κ1) is 27.9. The van der Waals surface area contributed by atoms with Gasteiger partial charge in [-0.15, -0.1) is 0 Å². The number of aliphatic carboxylic acids is 1. The standard InChI is InChI=1S/C29H32N4O5/c34-26(13-7-8-18-30-29(38)32-24-11-5-2-6-12-24)31-20-27(35)33-25(19-28(36)37)23-16-14-22(15-17-23)21-9-3-1-4-10-21/h1-6,9-12,14-17,25H,7-8,13,18-20H2,(H,31,34)(H,33,35)(H,36,37)(H2,30,32,38). The topological polar surface area (TPSA) is 137 Å². The van der Waals surface area contributed by atoms with E-state index in [0.717, 1.165) is 11.1 Å². The zero-order chi connectivity index (χ0) is 27.2. The van der Waals surface area contributed by atoms with Crippen LogP contribution in [0.5, 0.6) is 0 Å². The van der Waals surface area contributed by atoms with E-state index in [1.165, 1.54) is 0 Å². The molecule has 3 aromatic carbocycles. The molecule has 0 aliphatic rings. The molecule has 9 nitrogen and oxygen atoms in total. The van der Waals surface area contributed by atoms with Crippen molar-refractivity contribution in [1.82, 2.24) is 16.0 Å². The molecule has 0 fully saturated rings. The summed E-state index contributed by atoms with van der Waals surface area (Å²) in [5, 5.41) is 20.0. The number of hydrogen-bond acceptors (Lipinski definition) is 4. The predicted molar refractivity (Wildman–Crippen MR) is 145 cm³/mol. The van der Waals surface area contributed by atoms with Crippen LogP contribution < -0.4 is 21.3 Å². The number of urea groups is 1. The molecule has 5 N–H and O–H groups in total. The second kappa shape index (κ2) is 14.8. The third kappa shape index (κ3) is 9.77. The number of carboxylic acid groups (broad SMARTS) is 1. The lowest BCUT2D eigenvalue weighted by atomic mass is 9.99. The molecule has 4 amide bonds. The summed E-state index contributed by atoms with van der Waals surface area (Å²) in [5.74, 6) is -1.82. The van der Waals surface area contributed by atoms with Gasteiger partial charge in [0, 0.05) is 18.7 Å². The molecule has 3 aromatic rings. The summed E-state index contributed by atoms with van der Waals surface area (Å²) in [6.07, 6.45) is 1.06. The van der Waals surface area contributed by atoms with Gasteiger partial charge in [0.2, 0.25) is 11.8 Å². The van der Waals surface area contributed by atoms with Gasteiger partial charge in [0.05, 0.1) is 19.0 Å². The predicted octanol–water partition coefficient (Wildman–Crippen LogP) is 4.09. The van der Waals surface area contributed by atoms with Crippen molar-refractivity contribution in [1.29, 1.82) is 0 Å². The number of benzene rings is 3. The number of rotatable bonds is 13. The fraction of sp³-hybridized carbons (Fsp3) is 0.241. The highest BCUT2D eigenvalue weighted by Crippen LogP contribution is 2.23. The van der Waals surface area contributed by atoms with Gasteiger partial charge in [0.1, 0.15) is 0 Å². The van der Waals surface area contributed by atoms with Crippen molar-refractivity contribution in [2.24, 2.45) is 0 Å². The number of carboxylic acids is 1. The smallest absolute Gasteiger partial charge is 0.319 e. The Morgan fingerprint density at radius 1 is 0.711 bits per heavy atom. The van der Waals surface area contributed by atoms with E-state index in [1.54, 1.807) is 24.3 Å². The van der Waals surface area contributed by atoms with Crippen LogP contribution in [0, 0.1) is 0 Å². The van der Waals surface area contributed by atoms with Crippen LogP contribution in [0.1, 0.15) is 37.3 Å². The van der Waals surface area contributed by atoms with E-state index in [4.69, 9.17) is 0 Å². The lowest BCUT2D eigenvalue weighted by Crippen LogP contribution is -2.39. The van der Waals surface area contributed by atoms with Gasteiger partial charge >= 0.3 is 12.0 Å². The molecule has 3 rings (SSSR count). The maximum Gasteiger partial charge on any atom is 0.319 e. The Labute approximate surface area is 221 Å². The Kier molecular flexibility index (Phi) is 10.9. The van der Waals surface area contributed by atoms with Crippen LogP contribution in [0.3, 0.4) is 0 Å². The van der Waals surface area contributed by atoms with Crippen LogP contribution in [-0.2, 0) is 14.4 Å². The van der Waals surface area contributed by atoms with Crippen LogP contribution in [-0.4, -0.2) is 42.0 Å². The third-order valence-electron chi connectivity index (χ3n) is 5.73. The van der Waals surface area contributed by atoms with E-state index >= 15 is 0 Å². The number of nitrogens with one attached hydrogen (secondary N) is 4. The molecule has 0 bridgehead atoms. The summed E-state index contributed by atoms with van der Waals surface area (Å²) in [5.41, 5.74) is 3.37. The molecular weight excluding hydrogens is 484 g/mol. The maximum absolute atomic E-state index is 12.4. The quantitative estimate of drug-likeness (QED) is 0.218. The SMILES string of the molecule is O=C(O)CC(NC(=O)CNC(=O)CCCCNC(=O)Nc1ccccc1)c1ccc(-c2ccccc2)cc1. The lowest BCUT2D eigenvalue weighted by Gasteiger charge is -2.18. The summed E-state index contributed by atoms with van der Waals surface area (Å²) in [6, 6.07) is 25.1. The minimum absolute atomic E-state index is 0.203. The van der Waals surface area contributed by atoms with Crippen LogP contribution in [0.2, 0.25) is 0 Å². The average molecular weight is 517 g/mol. The van der Waals surface area contributed by atoms with Crippen LogP contribution in [0.4, 0.5) is 10.5 Å². The van der Waals surface area contributed by atoms with E-state index in [0.29, 0.717) is 30.6 Å². The number of para-hydroxylation sites is 1. The molecule has 0 heterocycles. The van der Waals surface area contributed by atoms with Gasteiger partial charge in [-0.1, -0.05) is 72.8 Å². The largest absolute Gasteiger partial charge is 0.481 e. The lowest BCUT2D eigenvalue weighted by molar-refractivity contribution is -0.138. The van der Waals surface area contributed by atoms with Crippen molar-refractivity contribution >= 4 is 29.5 Å². The molecule has 0 saturated heterocycles. The summed E-state index contributed by atoms with van der Waals surface area (Å²) in [6.45, 7) is 0.154. The molecule has 38 heavy (non-hydrogen) atoms. The van der Waals surface area contributed by atoms with E-state index < -0.39 is 17.9 Å². The number of amides is 4. The molecule has 0 aliphatic heterocycles. The maximum atomic E-state index is 12.4. The third-order valence-corrected chi connectivity index (χ3v) is 5.73. The van der Waals surface area contributed by atoms with Gasteiger partial charge in [-0.2, -0.15) is 0 Å². The Balaban J connectivity index is 1.37. The van der Waals surface area contributed by atoms with Crippen molar-refractivity contribution in [3.8, 4) is 11.1 Å². The first-order valence-corrected chi connectivity index (χ1v) is 12.4. The molecule has 0 aromatic heterocycles. The van der Waals surface area contributed by atoms with Gasteiger partial charge < -0.3 is 26.4 Å². The highest BCUT2D eigenvalue weighted by molar-refractivity contribution is 5.89. The summed E-state index contributed by atoms with van der Waals surface area (Å²) in [4.78, 5) is 47.8. The Bertz CT molecular complexity index is 1200. The molecular formula is C29H32N4O5. The van der Waals surface area contributed by atoms with Gasteiger partial charge in [-0.05, 0) is 41.7 Å². The van der Waals surface area contributed by atoms with Crippen LogP contribution in [0.25, 0.3) is 11.1 Å². The van der Waals surface area contributed by atoms with Crippen molar-refractivity contribution in [2.75, 3.05) is 18.4 Å². The Morgan fingerprint density at radius 2 is 1.34 bits per heavy atom. The number of carbonyl (C=O) groups is 4. The van der Waals surface area contributed by atoms with Gasteiger partial charge in [-0.3, -0.25) is 14.4 Å². The number of unbranched alkanes of at least 4 members (excludes halogenated alkanes) is 1. The fourth-order valence-corrected chi connectivity index (χ4v) is 3.79. The number of carbonyl (C=O) groups excluding carboxylic acids is 3. The van der Waals surface area contributed by atoms with Gasteiger partial charge in [0.15, 0.2) is 0 Å². The first-order valence-electron chi connectivity index (χ1n) is 12.4. The minimum atomic E-state index is -1.04. The molecule has 0 saturated carbocycles. The highest BCUT2D eigenvalue weighted by Gasteiger charge is 2.18. The Hall–Kier alpha value is -4.66. The summed E-state index contributed by atoms with van der Waals surface area (Å²) in [7, 11) is 0. The van der Waals surface area contributed by atoms with Crippen molar-refractivity contribution in [3.05, 3.63) is 90.5 Å². The Morgan fingerprint density at radius 3 is 2.00 bits per heavy atom. The molecule has 9 heteroatoms. The van der Waals surface area contributed by atoms with E-state index in [2.05, 4.69) is 21.3 Å². The highest BCUT2D eigenvalue weighted by atomic mass is 16.4. The second-order valence-electron chi connectivity index (χ2n) is 8.69. The van der Waals surface area contributed by atoms with E-state index in [-0.39, 0.29) is 31.3 Å². The van der Waals surface area contributed by atoms with Gasteiger partial charge in [0.25, 0.3) is 0 Å². The van der Waals surface area contributed by atoms with E-state index in [9.17, 15) is 24.3 Å². The van der Waals surface area contributed by atoms with E-state index in [1.807, 2.05) is 60.7 Å². The molecule has 1 atom stereocenters. The number of anilines is 1. The monoisotopic (exact) mass is 516 g/mol. The fourth-order valence-electron chi connectivity index (χ4n) is 3.79. The normalized spacial score (nSPS) is 11.2. The van der Waals surface area contributed by atoms with Crippen LogP contribution >= 0.6 is 0 Å². The summed E-state index contributed by atoms with van der Waals surface area (Å²) < 4.78 is 0. The summed E-state index contributed by atoms with van der Waals surface area (Å²) >= 11 is 0. The molecule has 198 valence electrons. The van der Waals surface area contributed by atoms with Gasteiger partial charge in [-0.25, -0.2) is 4.79 Å². The second-order valence-corrected chi connectivity index (χ2v) is 8.69. The molecule has 1 unspecified atom stereocenters. The number of hydrogen-bond donors (Lipinski definition) is 5. The van der Waals surface area contributed by atoms with Crippen LogP contribution in [0.15, 0.2) is 84.9 Å². The zero-order valence-electron chi connectivity index (χ0n) is 21.0. The molecule has 0 radical (unpaired) electrons. The molecule has 0 aliphatic carbocycles. The minimum Gasteiger partial charge on any atom is -0.481 e. The zero-order valence-corrected chi connectivity index (χ0v) is 21.0. The average Bonchev–Trinajstić information content (AvgIpc) is 2.92. The van der Waals surface area contributed by atoms with Crippen molar-refractivity contribution in [3.63, 3.8) is 0 Å². The molecule has 0 spiro atoms. The first-order chi connectivity index (χ1) is 18.4.